The highest BCUT2D eigenvalue weighted by Gasteiger charge is 2.10. The van der Waals surface area contributed by atoms with Gasteiger partial charge >= 0.3 is 6.09 Å². The second-order valence-electron chi connectivity index (χ2n) is 4.12. The van der Waals surface area contributed by atoms with Crippen molar-refractivity contribution in [2.75, 3.05) is 5.32 Å². The number of aryl methyl sites for hydroxylation is 1. The molecule has 1 N–H and O–H groups in total. The normalized spacial score (nSPS) is 9.80. The number of ether oxygens (including phenoxy) is 1. The van der Waals surface area contributed by atoms with E-state index >= 15 is 0 Å². The molecule has 1 amide bonds. The summed E-state index contributed by atoms with van der Waals surface area (Å²) >= 11 is 0. The number of imidazole rings is 1. The van der Waals surface area contributed by atoms with Gasteiger partial charge in [-0.2, -0.15) is 5.26 Å². The molecule has 0 saturated heterocycles. The Morgan fingerprint density at radius 3 is 2.90 bits per heavy atom. The average molecular weight is 270 g/mol. The van der Waals surface area contributed by atoms with Crippen LogP contribution in [0, 0.1) is 18.3 Å². The maximum atomic E-state index is 11.7. The molecule has 0 aliphatic carbocycles. The topological polar surface area (TPSA) is 79.9 Å². The second kappa shape index (κ2) is 6.38. The minimum atomic E-state index is -0.576. The summed E-state index contributed by atoms with van der Waals surface area (Å²) in [5, 5.41) is 11.3. The van der Waals surface area contributed by atoms with Crippen molar-refractivity contribution in [3.63, 3.8) is 0 Å². The van der Waals surface area contributed by atoms with Crippen LogP contribution in [0.1, 0.15) is 11.4 Å². The lowest BCUT2D eigenvalue weighted by Gasteiger charge is -2.08. The molecule has 6 heteroatoms. The van der Waals surface area contributed by atoms with Gasteiger partial charge in [0.25, 0.3) is 0 Å². The summed E-state index contributed by atoms with van der Waals surface area (Å²) in [6, 6.07) is 11.4. The first-order chi connectivity index (χ1) is 9.70. The van der Waals surface area contributed by atoms with Gasteiger partial charge in [0.15, 0.2) is 0 Å². The molecule has 1 aromatic carbocycles. The zero-order valence-corrected chi connectivity index (χ0v) is 11.0. The standard InChI is InChI=1S/C14H14N4O2/c1-11-16-9-13(18(11)8-7-15)17-14(19)20-10-12-5-3-2-4-6-12/h2-6,9H,8,10H2,1H3,(H,17,19). The second-order valence-corrected chi connectivity index (χ2v) is 4.12. The molecule has 1 heterocycles. The quantitative estimate of drug-likeness (QED) is 0.925. The fraction of sp³-hybridized carbons (Fsp3) is 0.214. The number of carbonyl (C=O) groups excluding carboxylic acids is 1. The van der Waals surface area contributed by atoms with Crippen LogP contribution in [-0.2, 0) is 17.9 Å². The highest BCUT2D eigenvalue weighted by molar-refractivity contribution is 5.83. The van der Waals surface area contributed by atoms with Crippen LogP contribution in [0.5, 0.6) is 0 Å². The molecule has 0 aliphatic rings. The number of nitrogens with zero attached hydrogens (tertiary/aromatic N) is 3. The molecule has 0 spiro atoms. The van der Waals surface area contributed by atoms with Crippen molar-refractivity contribution in [1.29, 1.82) is 5.26 Å². The fourth-order valence-corrected chi connectivity index (χ4v) is 1.70. The van der Waals surface area contributed by atoms with Crippen LogP contribution in [-0.4, -0.2) is 15.6 Å². The molecule has 0 aliphatic heterocycles. The SMILES string of the molecule is Cc1ncc(NC(=O)OCc2ccccc2)n1CC#N. The number of hydrogen-bond donors (Lipinski definition) is 1. The van der Waals surface area contributed by atoms with Gasteiger partial charge in [0.1, 0.15) is 24.8 Å². The van der Waals surface area contributed by atoms with Crippen LogP contribution >= 0.6 is 0 Å². The Hall–Kier alpha value is -2.81. The Kier molecular flexibility index (Phi) is 4.35. The van der Waals surface area contributed by atoms with Crippen molar-refractivity contribution in [2.45, 2.75) is 20.1 Å². The molecule has 0 saturated carbocycles. The first-order valence-electron chi connectivity index (χ1n) is 6.07. The monoisotopic (exact) mass is 270 g/mol. The lowest BCUT2D eigenvalue weighted by atomic mass is 10.2. The highest BCUT2D eigenvalue weighted by Crippen LogP contribution is 2.11. The minimum Gasteiger partial charge on any atom is -0.444 e. The number of anilines is 1. The molecule has 102 valence electrons. The Balaban J connectivity index is 1.93. The maximum absolute atomic E-state index is 11.7. The van der Waals surface area contributed by atoms with E-state index in [2.05, 4.69) is 10.3 Å². The van der Waals surface area contributed by atoms with Gasteiger partial charge < -0.3 is 9.30 Å². The number of nitriles is 1. The van der Waals surface area contributed by atoms with Crippen LogP contribution in [0.4, 0.5) is 10.6 Å². The summed E-state index contributed by atoms with van der Waals surface area (Å²) < 4.78 is 6.70. The van der Waals surface area contributed by atoms with Crippen molar-refractivity contribution in [1.82, 2.24) is 9.55 Å². The van der Waals surface area contributed by atoms with Gasteiger partial charge in [-0.15, -0.1) is 0 Å². The van der Waals surface area contributed by atoms with E-state index in [9.17, 15) is 4.79 Å². The summed E-state index contributed by atoms with van der Waals surface area (Å²) in [6.45, 7) is 2.08. The predicted molar refractivity (Wildman–Crippen MR) is 72.8 cm³/mol. The van der Waals surface area contributed by atoms with E-state index in [1.54, 1.807) is 11.5 Å². The largest absolute Gasteiger partial charge is 0.444 e. The zero-order valence-electron chi connectivity index (χ0n) is 11.0. The van der Waals surface area contributed by atoms with Gasteiger partial charge in [0.05, 0.1) is 12.3 Å². The first kappa shape index (κ1) is 13.6. The highest BCUT2D eigenvalue weighted by atomic mass is 16.5. The average Bonchev–Trinajstić information content (AvgIpc) is 2.80. The Bertz CT molecular complexity index is 628. The number of hydrogen-bond acceptors (Lipinski definition) is 4. The van der Waals surface area contributed by atoms with Crippen molar-refractivity contribution in [3.8, 4) is 6.07 Å². The number of aromatic nitrogens is 2. The summed E-state index contributed by atoms with van der Waals surface area (Å²) in [6.07, 6.45) is 0.920. The molecule has 20 heavy (non-hydrogen) atoms. The van der Waals surface area contributed by atoms with Crippen molar-refractivity contribution < 1.29 is 9.53 Å². The lowest BCUT2D eigenvalue weighted by molar-refractivity contribution is 0.155. The molecule has 1 aromatic heterocycles. The van der Waals surface area contributed by atoms with E-state index in [1.165, 1.54) is 6.20 Å². The van der Waals surface area contributed by atoms with Gasteiger partial charge in [0, 0.05) is 0 Å². The van der Waals surface area contributed by atoms with E-state index in [-0.39, 0.29) is 13.2 Å². The van der Waals surface area contributed by atoms with Gasteiger partial charge in [-0.1, -0.05) is 30.3 Å². The molecule has 0 atom stereocenters. The third-order valence-electron chi connectivity index (χ3n) is 2.73. The van der Waals surface area contributed by atoms with Crippen LogP contribution in [0.3, 0.4) is 0 Å². The van der Waals surface area contributed by atoms with Crippen molar-refractivity contribution in [3.05, 3.63) is 47.9 Å². The molecule has 6 nitrogen and oxygen atoms in total. The Labute approximate surface area is 116 Å². The maximum Gasteiger partial charge on any atom is 0.413 e. The molecule has 2 aromatic rings. The molecule has 0 radical (unpaired) electrons. The third-order valence-corrected chi connectivity index (χ3v) is 2.73. The van der Waals surface area contributed by atoms with Crippen molar-refractivity contribution in [2.24, 2.45) is 0 Å². The smallest absolute Gasteiger partial charge is 0.413 e. The van der Waals surface area contributed by atoms with Gasteiger partial charge in [-0.25, -0.2) is 9.78 Å². The van der Waals surface area contributed by atoms with Gasteiger partial charge in [0.2, 0.25) is 0 Å². The number of benzene rings is 1. The summed E-state index contributed by atoms with van der Waals surface area (Å²) in [5.74, 6) is 1.10. The van der Waals surface area contributed by atoms with Crippen LogP contribution < -0.4 is 5.32 Å². The molecule has 0 unspecified atom stereocenters. The van der Waals surface area contributed by atoms with Crippen molar-refractivity contribution >= 4 is 11.9 Å². The zero-order chi connectivity index (χ0) is 14.4. The van der Waals surface area contributed by atoms with E-state index < -0.39 is 6.09 Å². The molecule has 2 rings (SSSR count). The van der Waals surface area contributed by atoms with Crippen LogP contribution in [0.15, 0.2) is 36.5 Å². The third kappa shape index (κ3) is 3.36. The number of nitrogens with one attached hydrogen (secondary N) is 1. The minimum absolute atomic E-state index is 0.125. The first-order valence-corrected chi connectivity index (χ1v) is 6.07. The number of rotatable bonds is 4. The fourth-order valence-electron chi connectivity index (χ4n) is 1.70. The number of amides is 1. The number of carbonyl (C=O) groups is 1. The Morgan fingerprint density at radius 2 is 2.20 bits per heavy atom. The predicted octanol–water partition coefficient (Wildman–Crippen LogP) is 2.46. The van der Waals surface area contributed by atoms with Gasteiger partial charge in [-0.3, -0.25) is 5.32 Å². The van der Waals surface area contributed by atoms with Gasteiger partial charge in [-0.05, 0) is 12.5 Å². The summed E-state index contributed by atoms with van der Waals surface area (Å²) in [5.41, 5.74) is 0.907. The van der Waals surface area contributed by atoms with Crippen LogP contribution in [0.25, 0.3) is 0 Å². The lowest BCUT2D eigenvalue weighted by Crippen LogP contribution is -2.16. The Morgan fingerprint density at radius 1 is 1.45 bits per heavy atom. The summed E-state index contributed by atoms with van der Waals surface area (Å²) in [4.78, 5) is 15.7. The molecular formula is C14H14N4O2. The van der Waals surface area contributed by atoms with E-state index in [4.69, 9.17) is 10.00 Å². The summed E-state index contributed by atoms with van der Waals surface area (Å²) in [7, 11) is 0. The van der Waals surface area contributed by atoms with E-state index in [0.717, 1.165) is 5.56 Å². The van der Waals surface area contributed by atoms with E-state index in [0.29, 0.717) is 11.6 Å². The molecular weight excluding hydrogens is 256 g/mol. The molecule has 0 bridgehead atoms. The van der Waals surface area contributed by atoms with E-state index in [1.807, 2.05) is 36.4 Å². The van der Waals surface area contributed by atoms with Crippen LogP contribution in [0.2, 0.25) is 0 Å². The molecule has 0 fully saturated rings.